The highest BCUT2D eigenvalue weighted by atomic mass is 79.9. The lowest BCUT2D eigenvalue weighted by atomic mass is 10.1. The lowest BCUT2D eigenvalue weighted by Gasteiger charge is -2.15. The standard InChI is InChI=1S/C22H23BrN2O5/c1-29-16-10-8-15(9-11-16)14-25-20(26)19-17(21(27)30-2)6-5-7-18(19)24(22(25)28)13-4-3-12-23/h5-11H,3-4,12-14H2,1-2H3. The maximum Gasteiger partial charge on any atom is 0.338 e. The van der Waals surface area contributed by atoms with Gasteiger partial charge in [0.2, 0.25) is 0 Å². The average molecular weight is 475 g/mol. The summed E-state index contributed by atoms with van der Waals surface area (Å²) in [5, 5.41) is 1.01. The van der Waals surface area contributed by atoms with Gasteiger partial charge in [0.1, 0.15) is 5.75 Å². The van der Waals surface area contributed by atoms with Crippen LogP contribution in [0.1, 0.15) is 28.8 Å². The van der Waals surface area contributed by atoms with Crippen LogP contribution in [0.15, 0.2) is 52.1 Å². The number of fused-ring (bicyclic) bond motifs is 1. The predicted molar refractivity (Wildman–Crippen MR) is 119 cm³/mol. The van der Waals surface area contributed by atoms with Crippen LogP contribution in [0.3, 0.4) is 0 Å². The first kappa shape index (κ1) is 21.8. The Balaban J connectivity index is 2.23. The number of alkyl halides is 1. The fraction of sp³-hybridized carbons (Fsp3) is 0.318. The van der Waals surface area contributed by atoms with Crippen LogP contribution in [-0.2, 0) is 17.8 Å². The van der Waals surface area contributed by atoms with Crippen LogP contribution in [0, 0.1) is 0 Å². The minimum Gasteiger partial charge on any atom is -0.497 e. The number of nitrogens with zero attached hydrogens (tertiary/aromatic N) is 2. The van der Waals surface area contributed by atoms with E-state index in [1.807, 2.05) is 0 Å². The second-order valence-corrected chi connectivity index (χ2v) is 7.55. The quantitative estimate of drug-likeness (QED) is 0.284. The zero-order chi connectivity index (χ0) is 21.7. The Hall–Kier alpha value is -2.87. The van der Waals surface area contributed by atoms with Gasteiger partial charge in [-0.3, -0.25) is 13.9 Å². The normalized spacial score (nSPS) is 10.9. The molecular weight excluding hydrogens is 452 g/mol. The van der Waals surface area contributed by atoms with Gasteiger partial charge in [-0.2, -0.15) is 0 Å². The van der Waals surface area contributed by atoms with E-state index in [-0.39, 0.29) is 17.5 Å². The molecular formula is C22H23BrN2O5. The van der Waals surface area contributed by atoms with Crippen LogP contribution in [0.25, 0.3) is 10.9 Å². The summed E-state index contributed by atoms with van der Waals surface area (Å²) in [5.41, 5.74) is 0.451. The molecule has 3 rings (SSSR count). The number of hydrogen-bond acceptors (Lipinski definition) is 5. The van der Waals surface area contributed by atoms with Crippen LogP contribution in [0.5, 0.6) is 5.75 Å². The van der Waals surface area contributed by atoms with Crippen LogP contribution in [-0.4, -0.2) is 34.7 Å². The van der Waals surface area contributed by atoms with E-state index in [9.17, 15) is 14.4 Å². The fourth-order valence-electron chi connectivity index (χ4n) is 3.37. The van der Waals surface area contributed by atoms with Gasteiger partial charge in [0.15, 0.2) is 0 Å². The molecule has 0 unspecified atom stereocenters. The second kappa shape index (κ2) is 9.75. The largest absolute Gasteiger partial charge is 0.497 e. The molecule has 0 radical (unpaired) electrons. The van der Waals surface area contributed by atoms with E-state index in [0.717, 1.165) is 23.7 Å². The van der Waals surface area contributed by atoms with Crippen LogP contribution in [0.4, 0.5) is 0 Å². The Labute approximate surface area is 182 Å². The number of esters is 1. The summed E-state index contributed by atoms with van der Waals surface area (Å²) in [6.45, 7) is 0.528. The molecule has 30 heavy (non-hydrogen) atoms. The maximum absolute atomic E-state index is 13.3. The van der Waals surface area contributed by atoms with E-state index in [2.05, 4.69) is 15.9 Å². The fourth-order valence-corrected chi connectivity index (χ4v) is 3.77. The first-order valence-corrected chi connectivity index (χ1v) is 10.7. The van der Waals surface area contributed by atoms with Crippen molar-refractivity contribution in [2.45, 2.75) is 25.9 Å². The molecule has 0 atom stereocenters. The number of rotatable bonds is 8. The molecule has 158 valence electrons. The maximum atomic E-state index is 13.3. The summed E-state index contributed by atoms with van der Waals surface area (Å²) in [4.78, 5) is 38.9. The zero-order valence-corrected chi connectivity index (χ0v) is 18.5. The molecule has 3 aromatic rings. The van der Waals surface area contributed by atoms with Crippen molar-refractivity contribution in [2.75, 3.05) is 19.5 Å². The Bertz CT molecular complexity index is 1170. The topological polar surface area (TPSA) is 79.5 Å². The van der Waals surface area contributed by atoms with Crippen molar-refractivity contribution < 1.29 is 14.3 Å². The number of carbonyl (C=O) groups is 1. The van der Waals surface area contributed by atoms with Crippen molar-refractivity contribution in [3.05, 3.63) is 74.4 Å². The summed E-state index contributed by atoms with van der Waals surface area (Å²) in [5.74, 6) is 0.0733. The number of halogens is 1. The first-order chi connectivity index (χ1) is 14.5. The highest BCUT2D eigenvalue weighted by Crippen LogP contribution is 2.17. The summed E-state index contributed by atoms with van der Waals surface area (Å²) < 4.78 is 12.8. The van der Waals surface area contributed by atoms with Crippen LogP contribution < -0.4 is 16.0 Å². The molecule has 8 heteroatoms. The Morgan fingerprint density at radius 2 is 1.73 bits per heavy atom. The molecule has 0 saturated heterocycles. The zero-order valence-electron chi connectivity index (χ0n) is 16.9. The highest BCUT2D eigenvalue weighted by molar-refractivity contribution is 9.09. The van der Waals surface area contributed by atoms with Crippen molar-refractivity contribution in [2.24, 2.45) is 0 Å². The van der Waals surface area contributed by atoms with Gasteiger partial charge in [-0.1, -0.05) is 34.1 Å². The number of aryl methyl sites for hydroxylation is 1. The van der Waals surface area contributed by atoms with Crippen molar-refractivity contribution in [1.29, 1.82) is 0 Å². The van der Waals surface area contributed by atoms with Gasteiger partial charge in [-0.25, -0.2) is 9.59 Å². The number of methoxy groups -OCH3 is 2. The van der Waals surface area contributed by atoms with Gasteiger partial charge in [0, 0.05) is 11.9 Å². The third-order valence-electron chi connectivity index (χ3n) is 4.92. The SMILES string of the molecule is COC(=O)c1cccc2c1c(=O)n(Cc1ccc(OC)cc1)c(=O)n2CCCCBr. The smallest absolute Gasteiger partial charge is 0.338 e. The van der Waals surface area contributed by atoms with Crippen LogP contribution in [0.2, 0.25) is 0 Å². The lowest BCUT2D eigenvalue weighted by Crippen LogP contribution is -2.41. The van der Waals surface area contributed by atoms with E-state index in [4.69, 9.17) is 9.47 Å². The van der Waals surface area contributed by atoms with E-state index < -0.39 is 17.2 Å². The number of hydrogen-bond donors (Lipinski definition) is 0. The number of unbranched alkanes of at least 4 members (excludes halogenated alkanes) is 1. The van der Waals surface area contributed by atoms with Gasteiger partial charge in [0.25, 0.3) is 5.56 Å². The molecule has 7 nitrogen and oxygen atoms in total. The summed E-state index contributed by atoms with van der Waals surface area (Å²) >= 11 is 3.40. The third-order valence-corrected chi connectivity index (χ3v) is 5.49. The van der Waals surface area contributed by atoms with Crippen molar-refractivity contribution in [3.8, 4) is 5.75 Å². The van der Waals surface area contributed by atoms with Gasteiger partial charge in [-0.15, -0.1) is 0 Å². The van der Waals surface area contributed by atoms with E-state index in [0.29, 0.717) is 17.8 Å². The van der Waals surface area contributed by atoms with Gasteiger partial charge in [0.05, 0.1) is 37.2 Å². The highest BCUT2D eigenvalue weighted by Gasteiger charge is 2.19. The van der Waals surface area contributed by atoms with Crippen molar-refractivity contribution >= 4 is 32.8 Å². The molecule has 1 heterocycles. The lowest BCUT2D eigenvalue weighted by molar-refractivity contribution is 0.0603. The van der Waals surface area contributed by atoms with E-state index in [1.165, 1.54) is 11.7 Å². The van der Waals surface area contributed by atoms with Crippen molar-refractivity contribution in [1.82, 2.24) is 9.13 Å². The van der Waals surface area contributed by atoms with Gasteiger partial charge >= 0.3 is 11.7 Å². The molecule has 0 N–H and O–H groups in total. The summed E-state index contributed by atoms with van der Waals surface area (Å²) in [7, 11) is 2.84. The molecule has 0 aliphatic rings. The number of benzene rings is 2. The third kappa shape index (κ3) is 4.33. The first-order valence-electron chi connectivity index (χ1n) is 9.55. The molecule has 0 fully saturated rings. The number of ether oxygens (including phenoxy) is 2. The number of carbonyl (C=O) groups excluding carboxylic acids is 1. The molecule has 0 amide bonds. The monoisotopic (exact) mass is 474 g/mol. The van der Waals surface area contributed by atoms with Crippen molar-refractivity contribution in [3.63, 3.8) is 0 Å². The average Bonchev–Trinajstić information content (AvgIpc) is 2.78. The summed E-state index contributed by atoms with van der Waals surface area (Å²) in [6, 6.07) is 12.0. The van der Waals surface area contributed by atoms with Gasteiger partial charge in [-0.05, 0) is 42.7 Å². The summed E-state index contributed by atoms with van der Waals surface area (Å²) in [6.07, 6.45) is 1.63. The second-order valence-electron chi connectivity index (χ2n) is 6.76. The molecule has 2 aromatic carbocycles. The minimum absolute atomic E-state index is 0.0888. The molecule has 0 saturated carbocycles. The van der Waals surface area contributed by atoms with Crippen LogP contribution >= 0.6 is 15.9 Å². The van der Waals surface area contributed by atoms with E-state index in [1.54, 1.807) is 54.1 Å². The molecule has 0 bridgehead atoms. The molecule has 0 aliphatic carbocycles. The van der Waals surface area contributed by atoms with Gasteiger partial charge < -0.3 is 9.47 Å². The molecule has 0 aliphatic heterocycles. The minimum atomic E-state index is -0.612. The Morgan fingerprint density at radius 3 is 2.37 bits per heavy atom. The Kier molecular flexibility index (Phi) is 7.10. The predicted octanol–water partition coefficient (Wildman–Crippen LogP) is 3.18. The molecule has 0 spiro atoms. The Morgan fingerprint density at radius 1 is 1.00 bits per heavy atom. The molecule has 1 aromatic heterocycles. The van der Waals surface area contributed by atoms with E-state index >= 15 is 0 Å². The number of aromatic nitrogens is 2.